The summed E-state index contributed by atoms with van der Waals surface area (Å²) in [5, 5.41) is 4.01. The maximum atomic E-state index is 12.5. The molecule has 3 aromatic heterocycles. The summed E-state index contributed by atoms with van der Waals surface area (Å²) in [7, 11) is 3.17. The van der Waals surface area contributed by atoms with Crippen molar-refractivity contribution in [1.82, 2.24) is 23.7 Å². The second-order valence-electron chi connectivity index (χ2n) is 5.05. The Morgan fingerprint density at radius 3 is 2.70 bits per heavy atom. The van der Waals surface area contributed by atoms with Crippen LogP contribution in [0.1, 0.15) is 5.01 Å². The van der Waals surface area contributed by atoms with Crippen LogP contribution in [-0.2, 0) is 25.4 Å². The lowest BCUT2D eigenvalue weighted by atomic mass is 10.4. The average molecular weight is 334 g/mol. The van der Waals surface area contributed by atoms with E-state index in [1.54, 1.807) is 7.05 Å². The number of aromatic nitrogens is 5. The molecule has 0 saturated carbocycles. The van der Waals surface area contributed by atoms with Crippen molar-refractivity contribution in [2.24, 2.45) is 14.1 Å². The van der Waals surface area contributed by atoms with E-state index in [-0.39, 0.29) is 17.7 Å². The van der Waals surface area contributed by atoms with Gasteiger partial charge in [0.25, 0.3) is 5.56 Å². The molecule has 0 aliphatic carbocycles. The average Bonchev–Trinajstić information content (AvgIpc) is 3.07. The molecule has 0 fully saturated rings. The predicted molar refractivity (Wildman–Crippen MR) is 85.7 cm³/mol. The molecule has 0 aliphatic rings. The van der Waals surface area contributed by atoms with E-state index in [2.05, 4.69) is 15.3 Å². The van der Waals surface area contributed by atoms with Crippen molar-refractivity contribution in [2.45, 2.75) is 13.5 Å². The molecule has 0 unspecified atom stereocenters. The number of hydrogen-bond donors (Lipinski definition) is 1. The molecular formula is C13H14N6O3S. The van der Waals surface area contributed by atoms with Gasteiger partial charge in [0, 0.05) is 14.1 Å². The van der Waals surface area contributed by atoms with E-state index in [9.17, 15) is 14.4 Å². The van der Waals surface area contributed by atoms with Gasteiger partial charge in [0.1, 0.15) is 11.5 Å². The van der Waals surface area contributed by atoms with Crippen LogP contribution in [0.3, 0.4) is 0 Å². The number of amides is 1. The zero-order valence-electron chi connectivity index (χ0n) is 12.7. The van der Waals surface area contributed by atoms with Crippen LogP contribution >= 0.6 is 11.3 Å². The van der Waals surface area contributed by atoms with Gasteiger partial charge in [0.2, 0.25) is 5.91 Å². The molecule has 0 bridgehead atoms. The van der Waals surface area contributed by atoms with Crippen LogP contribution in [0.4, 0.5) is 5.00 Å². The molecule has 23 heavy (non-hydrogen) atoms. The molecule has 3 rings (SSSR count). The number of imidazole rings is 1. The minimum Gasteiger partial charge on any atom is -0.328 e. The fourth-order valence-electron chi connectivity index (χ4n) is 2.28. The molecule has 1 amide bonds. The van der Waals surface area contributed by atoms with Crippen LogP contribution in [0.2, 0.25) is 0 Å². The third-order valence-corrected chi connectivity index (χ3v) is 4.21. The Labute approximate surface area is 133 Å². The first-order valence-electron chi connectivity index (χ1n) is 6.71. The normalized spacial score (nSPS) is 11.1. The highest BCUT2D eigenvalue weighted by Gasteiger charge is 2.17. The Kier molecular flexibility index (Phi) is 3.60. The van der Waals surface area contributed by atoms with Gasteiger partial charge >= 0.3 is 5.69 Å². The molecule has 3 aromatic rings. The number of hydrogen-bond acceptors (Lipinski definition) is 6. The molecular weight excluding hydrogens is 320 g/mol. The number of nitrogens with one attached hydrogen (secondary N) is 1. The summed E-state index contributed by atoms with van der Waals surface area (Å²) in [5.74, 6) is -0.464. The van der Waals surface area contributed by atoms with Gasteiger partial charge in [-0.15, -0.1) is 11.3 Å². The highest BCUT2D eigenvalue weighted by Crippen LogP contribution is 2.17. The fourth-order valence-corrected chi connectivity index (χ4v) is 2.97. The summed E-state index contributed by atoms with van der Waals surface area (Å²) in [6.07, 6.45) is 2.99. The van der Waals surface area contributed by atoms with Crippen LogP contribution in [0.5, 0.6) is 0 Å². The third kappa shape index (κ3) is 2.57. The summed E-state index contributed by atoms with van der Waals surface area (Å²) < 4.78 is 3.67. The third-order valence-electron chi connectivity index (χ3n) is 3.39. The molecule has 0 radical (unpaired) electrons. The van der Waals surface area contributed by atoms with Crippen LogP contribution in [-0.4, -0.2) is 29.6 Å². The number of carbonyl (C=O) groups excluding carboxylic acids is 1. The summed E-state index contributed by atoms with van der Waals surface area (Å²) in [5.41, 5.74) is -0.568. The second-order valence-corrected chi connectivity index (χ2v) is 6.29. The van der Waals surface area contributed by atoms with Crippen molar-refractivity contribution < 1.29 is 4.79 Å². The van der Waals surface area contributed by atoms with Gasteiger partial charge in [-0.25, -0.2) is 19.3 Å². The van der Waals surface area contributed by atoms with Gasteiger partial charge in [0.15, 0.2) is 11.2 Å². The molecule has 0 aromatic carbocycles. The molecule has 0 saturated heterocycles. The first-order chi connectivity index (χ1) is 10.9. The Morgan fingerprint density at radius 1 is 1.30 bits per heavy atom. The molecule has 9 nitrogen and oxygen atoms in total. The zero-order valence-corrected chi connectivity index (χ0v) is 13.5. The van der Waals surface area contributed by atoms with Gasteiger partial charge in [0.05, 0.1) is 17.5 Å². The van der Waals surface area contributed by atoms with Crippen LogP contribution in [0.25, 0.3) is 11.2 Å². The van der Waals surface area contributed by atoms with Crippen LogP contribution in [0, 0.1) is 6.92 Å². The first-order valence-corrected chi connectivity index (χ1v) is 7.53. The van der Waals surface area contributed by atoms with Gasteiger partial charge in [-0.3, -0.25) is 14.2 Å². The maximum Gasteiger partial charge on any atom is 0.332 e. The smallest absolute Gasteiger partial charge is 0.328 e. The quantitative estimate of drug-likeness (QED) is 0.716. The predicted octanol–water partition coefficient (Wildman–Crippen LogP) is -0.163. The number of nitrogens with zero attached hydrogens (tertiary/aromatic N) is 5. The number of thiazole rings is 1. The summed E-state index contributed by atoms with van der Waals surface area (Å²) in [6, 6.07) is 0. The van der Waals surface area contributed by atoms with Gasteiger partial charge in [-0.05, 0) is 6.92 Å². The largest absolute Gasteiger partial charge is 0.332 e. The van der Waals surface area contributed by atoms with E-state index in [0.29, 0.717) is 5.00 Å². The van der Waals surface area contributed by atoms with Crippen molar-refractivity contribution in [3.63, 3.8) is 0 Å². The van der Waals surface area contributed by atoms with Gasteiger partial charge < -0.3 is 9.88 Å². The van der Waals surface area contributed by atoms with Crippen molar-refractivity contribution in [3.05, 3.63) is 38.4 Å². The lowest BCUT2D eigenvalue weighted by molar-refractivity contribution is -0.116. The highest BCUT2D eigenvalue weighted by atomic mass is 32.1. The molecule has 120 valence electrons. The molecule has 1 N–H and O–H groups in total. The van der Waals surface area contributed by atoms with Crippen molar-refractivity contribution >= 4 is 33.4 Å². The molecule has 0 spiro atoms. The lowest BCUT2D eigenvalue weighted by Gasteiger charge is -2.08. The summed E-state index contributed by atoms with van der Waals surface area (Å²) in [4.78, 5) is 44.9. The van der Waals surface area contributed by atoms with Crippen molar-refractivity contribution in [1.29, 1.82) is 0 Å². The van der Waals surface area contributed by atoms with Gasteiger partial charge in [-0.2, -0.15) is 0 Å². The van der Waals surface area contributed by atoms with E-state index in [0.717, 1.165) is 9.57 Å². The fraction of sp³-hybridized carbons (Fsp3) is 0.308. The first kappa shape index (κ1) is 15.2. The Balaban J connectivity index is 2.00. The number of fused-ring (bicyclic) bond motifs is 1. The molecule has 10 heteroatoms. The minimum atomic E-state index is -0.586. The van der Waals surface area contributed by atoms with E-state index < -0.39 is 17.2 Å². The number of anilines is 1. The lowest BCUT2D eigenvalue weighted by Crippen LogP contribution is -2.42. The molecule has 0 aliphatic heterocycles. The van der Waals surface area contributed by atoms with E-state index in [1.807, 2.05) is 6.92 Å². The van der Waals surface area contributed by atoms with Gasteiger partial charge in [-0.1, -0.05) is 0 Å². The second kappa shape index (κ2) is 5.47. The Hall–Kier alpha value is -2.75. The molecule has 3 heterocycles. The monoisotopic (exact) mass is 334 g/mol. The van der Waals surface area contributed by atoms with Crippen molar-refractivity contribution in [3.8, 4) is 0 Å². The highest BCUT2D eigenvalue weighted by molar-refractivity contribution is 7.15. The maximum absolute atomic E-state index is 12.5. The summed E-state index contributed by atoms with van der Waals surface area (Å²) >= 11 is 1.32. The van der Waals surface area contributed by atoms with Crippen LogP contribution in [0.15, 0.2) is 22.1 Å². The SMILES string of the molecule is Cc1ncc(NC(=O)Cn2c(=O)c3c(ncn3C)n(C)c2=O)s1. The topological polar surface area (TPSA) is 104 Å². The van der Waals surface area contributed by atoms with E-state index >= 15 is 0 Å². The minimum absolute atomic E-state index is 0.272. The van der Waals surface area contributed by atoms with E-state index in [4.69, 9.17) is 0 Å². The summed E-state index contributed by atoms with van der Waals surface area (Å²) in [6.45, 7) is 1.44. The van der Waals surface area contributed by atoms with Crippen molar-refractivity contribution in [2.75, 3.05) is 5.32 Å². The van der Waals surface area contributed by atoms with E-state index in [1.165, 1.54) is 40.0 Å². The number of rotatable bonds is 3. The Bertz CT molecular complexity index is 1020. The molecule has 0 atom stereocenters. The zero-order chi connectivity index (χ0) is 16.7. The van der Waals surface area contributed by atoms with Crippen LogP contribution < -0.4 is 16.6 Å². The Morgan fingerprint density at radius 2 is 2.04 bits per heavy atom. The standard InChI is InChI=1S/C13H14N6O3S/c1-7-14-4-9(23-7)16-8(20)5-19-12(21)10-11(15-6-17(10)2)18(3)13(19)22/h4,6H,5H2,1-3H3,(H,16,20). The number of carbonyl (C=O) groups is 1. The number of aryl methyl sites for hydroxylation is 3.